The molecule has 2 aromatic rings. The van der Waals surface area contributed by atoms with Crippen LogP contribution in [0.3, 0.4) is 0 Å². The fraction of sp³-hybridized carbons (Fsp3) is 0.158. The third kappa shape index (κ3) is 3.31. The number of carbonyl (C=O) groups excluding carboxylic acids is 1. The molecule has 122 valence electrons. The summed E-state index contributed by atoms with van der Waals surface area (Å²) in [7, 11) is 1.78. The second-order valence-corrected chi connectivity index (χ2v) is 6.52. The van der Waals surface area contributed by atoms with Crippen molar-refractivity contribution in [1.82, 2.24) is 9.88 Å². The predicted octanol–water partition coefficient (Wildman–Crippen LogP) is 4.38. The zero-order chi connectivity index (χ0) is 17.1. The maximum absolute atomic E-state index is 12.7. The van der Waals surface area contributed by atoms with Gasteiger partial charge in [-0.2, -0.15) is 0 Å². The van der Waals surface area contributed by atoms with E-state index in [0.29, 0.717) is 11.3 Å². The van der Waals surface area contributed by atoms with Gasteiger partial charge in [0.25, 0.3) is 5.91 Å². The van der Waals surface area contributed by atoms with Gasteiger partial charge in [0.15, 0.2) is 0 Å². The van der Waals surface area contributed by atoms with E-state index in [1.807, 2.05) is 25.2 Å². The van der Waals surface area contributed by atoms with Crippen molar-refractivity contribution in [2.45, 2.75) is 13.3 Å². The first-order valence-electron chi connectivity index (χ1n) is 7.61. The van der Waals surface area contributed by atoms with Crippen molar-refractivity contribution in [3.05, 3.63) is 70.9 Å². The average Bonchev–Trinajstić information content (AvgIpc) is 2.96. The Morgan fingerprint density at radius 2 is 2.25 bits per heavy atom. The molecule has 0 saturated carbocycles. The molecule has 5 heteroatoms. The number of hydrogen-bond acceptors (Lipinski definition) is 4. The van der Waals surface area contributed by atoms with Crippen LogP contribution in [0, 0.1) is 0 Å². The fourth-order valence-electron chi connectivity index (χ4n) is 2.44. The number of thiophene rings is 1. The maximum Gasteiger partial charge on any atom is 0.258 e. The van der Waals surface area contributed by atoms with Crippen molar-refractivity contribution in [3.63, 3.8) is 0 Å². The summed E-state index contributed by atoms with van der Waals surface area (Å²) in [5, 5.41) is 11.7. The smallest absolute Gasteiger partial charge is 0.258 e. The Bertz CT molecular complexity index is 859. The van der Waals surface area contributed by atoms with E-state index in [4.69, 9.17) is 0 Å². The molecule has 0 radical (unpaired) electrons. The monoisotopic (exact) mass is 338 g/mol. The molecule has 3 rings (SSSR count). The molecule has 4 nitrogen and oxygen atoms in total. The standard InChI is InChI=1S/C19H18N2O2S/c1-13-5-3-6-15(9-8-13)21(2)19(23)14-11-17(24-12-14)18-16(22)7-4-10-20-18/h3-8,10-12,22H,9H2,1-2H3. The van der Waals surface area contributed by atoms with Crippen LogP contribution in [0.4, 0.5) is 0 Å². The number of hydrogen-bond donors (Lipinski definition) is 1. The highest BCUT2D eigenvalue weighted by molar-refractivity contribution is 7.13. The van der Waals surface area contributed by atoms with Gasteiger partial charge in [0.05, 0.1) is 10.4 Å². The molecule has 2 heterocycles. The Morgan fingerprint density at radius 3 is 3.04 bits per heavy atom. The van der Waals surface area contributed by atoms with Crippen LogP contribution in [-0.4, -0.2) is 27.9 Å². The molecule has 0 bridgehead atoms. The molecular formula is C19H18N2O2S. The maximum atomic E-state index is 12.7. The lowest BCUT2D eigenvalue weighted by Gasteiger charge is -2.19. The van der Waals surface area contributed by atoms with E-state index >= 15 is 0 Å². The highest BCUT2D eigenvalue weighted by Crippen LogP contribution is 2.32. The van der Waals surface area contributed by atoms with Gasteiger partial charge >= 0.3 is 0 Å². The van der Waals surface area contributed by atoms with E-state index in [2.05, 4.69) is 11.1 Å². The van der Waals surface area contributed by atoms with E-state index in [1.54, 1.807) is 41.7 Å². The van der Waals surface area contributed by atoms with Gasteiger partial charge in [-0.3, -0.25) is 9.78 Å². The largest absolute Gasteiger partial charge is 0.506 e. The first-order chi connectivity index (χ1) is 11.6. The van der Waals surface area contributed by atoms with Gasteiger partial charge in [-0.25, -0.2) is 0 Å². The number of allylic oxidation sites excluding steroid dienone is 5. The minimum absolute atomic E-state index is 0.0690. The third-order valence-electron chi connectivity index (χ3n) is 3.88. The molecular weight excluding hydrogens is 320 g/mol. The highest BCUT2D eigenvalue weighted by atomic mass is 32.1. The average molecular weight is 338 g/mol. The number of nitrogens with zero attached hydrogens (tertiary/aromatic N) is 2. The lowest BCUT2D eigenvalue weighted by molar-refractivity contribution is 0.0834. The molecule has 1 N–H and O–H groups in total. The number of pyridine rings is 1. The van der Waals surface area contributed by atoms with Crippen molar-refractivity contribution < 1.29 is 9.90 Å². The quantitative estimate of drug-likeness (QED) is 0.904. The molecule has 0 fully saturated rings. The van der Waals surface area contributed by atoms with Crippen molar-refractivity contribution in [1.29, 1.82) is 0 Å². The lowest BCUT2D eigenvalue weighted by Crippen LogP contribution is -2.25. The van der Waals surface area contributed by atoms with Crippen LogP contribution >= 0.6 is 11.3 Å². The van der Waals surface area contributed by atoms with Gasteiger partial charge in [-0.1, -0.05) is 23.8 Å². The fourth-order valence-corrected chi connectivity index (χ4v) is 3.33. The predicted molar refractivity (Wildman–Crippen MR) is 96.9 cm³/mol. The third-order valence-corrected chi connectivity index (χ3v) is 4.82. The summed E-state index contributed by atoms with van der Waals surface area (Å²) in [5.74, 6) is 0.0458. The topological polar surface area (TPSA) is 53.4 Å². The van der Waals surface area contributed by atoms with Crippen molar-refractivity contribution >= 4 is 17.2 Å². The second kappa shape index (κ2) is 6.84. The Hall–Kier alpha value is -2.66. The van der Waals surface area contributed by atoms with Gasteiger partial charge in [0, 0.05) is 30.7 Å². The van der Waals surface area contributed by atoms with Crippen LogP contribution in [0.2, 0.25) is 0 Å². The molecule has 24 heavy (non-hydrogen) atoms. The molecule has 0 saturated heterocycles. The molecule has 0 aliphatic heterocycles. The van der Waals surface area contributed by atoms with Crippen LogP contribution in [0.5, 0.6) is 5.75 Å². The summed E-state index contributed by atoms with van der Waals surface area (Å²) in [6.07, 6.45) is 10.4. The van der Waals surface area contributed by atoms with Crippen molar-refractivity contribution in [3.8, 4) is 16.3 Å². The van der Waals surface area contributed by atoms with Gasteiger partial charge < -0.3 is 10.0 Å². The van der Waals surface area contributed by atoms with E-state index < -0.39 is 0 Å². The zero-order valence-corrected chi connectivity index (χ0v) is 14.4. The number of carbonyl (C=O) groups is 1. The summed E-state index contributed by atoms with van der Waals surface area (Å²) >= 11 is 1.40. The zero-order valence-electron chi connectivity index (χ0n) is 13.6. The molecule has 1 aliphatic carbocycles. The molecule has 1 aliphatic rings. The van der Waals surface area contributed by atoms with E-state index in [-0.39, 0.29) is 11.7 Å². The summed E-state index contributed by atoms with van der Waals surface area (Å²) in [5.41, 5.74) is 3.23. The van der Waals surface area contributed by atoms with Gasteiger partial charge in [0.2, 0.25) is 0 Å². The van der Waals surface area contributed by atoms with Gasteiger partial charge in [-0.05, 0) is 31.2 Å². The van der Waals surface area contributed by atoms with Gasteiger partial charge in [0.1, 0.15) is 11.4 Å². The number of amides is 1. The number of rotatable bonds is 3. The summed E-state index contributed by atoms with van der Waals surface area (Å²) in [6, 6.07) is 5.04. The van der Waals surface area contributed by atoms with Crippen LogP contribution in [0.15, 0.2) is 65.4 Å². The summed E-state index contributed by atoms with van der Waals surface area (Å²) in [4.78, 5) is 19.4. The SMILES string of the molecule is CC1=CCC(N(C)C(=O)c2csc(-c3ncccc3O)c2)=CC=C1. The van der Waals surface area contributed by atoms with Crippen LogP contribution < -0.4 is 0 Å². The van der Waals surface area contributed by atoms with Crippen molar-refractivity contribution in [2.24, 2.45) is 0 Å². The van der Waals surface area contributed by atoms with Gasteiger partial charge in [-0.15, -0.1) is 11.3 Å². The summed E-state index contributed by atoms with van der Waals surface area (Å²) < 4.78 is 0. The Morgan fingerprint density at radius 1 is 1.42 bits per heavy atom. The first kappa shape index (κ1) is 16.2. The molecule has 0 aromatic carbocycles. The van der Waals surface area contributed by atoms with Crippen LogP contribution in [-0.2, 0) is 0 Å². The van der Waals surface area contributed by atoms with E-state index in [0.717, 1.165) is 17.0 Å². The number of aromatic hydroxyl groups is 1. The molecule has 1 amide bonds. The first-order valence-corrected chi connectivity index (χ1v) is 8.49. The Labute approximate surface area is 145 Å². The lowest BCUT2D eigenvalue weighted by atomic mass is 10.2. The Balaban J connectivity index is 1.83. The minimum atomic E-state index is -0.0690. The van der Waals surface area contributed by atoms with Crippen molar-refractivity contribution in [2.75, 3.05) is 7.05 Å². The summed E-state index contributed by atoms with van der Waals surface area (Å²) in [6.45, 7) is 2.04. The molecule has 0 unspecified atom stereocenters. The molecule has 0 spiro atoms. The van der Waals surface area contributed by atoms with Crippen LogP contribution in [0.1, 0.15) is 23.7 Å². The van der Waals surface area contributed by atoms with E-state index in [9.17, 15) is 9.90 Å². The number of aromatic nitrogens is 1. The molecule has 2 aromatic heterocycles. The molecule has 0 atom stereocenters. The van der Waals surface area contributed by atoms with E-state index in [1.165, 1.54) is 16.9 Å². The van der Waals surface area contributed by atoms with Crippen LogP contribution in [0.25, 0.3) is 10.6 Å². The highest BCUT2D eigenvalue weighted by Gasteiger charge is 2.18. The second-order valence-electron chi connectivity index (χ2n) is 5.60. The minimum Gasteiger partial charge on any atom is -0.506 e. The Kier molecular flexibility index (Phi) is 4.62. The normalized spacial score (nSPS) is 13.9.